The molecule has 5 nitrogen and oxygen atoms in total. The topological polar surface area (TPSA) is 81.2 Å². The van der Waals surface area contributed by atoms with Crippen molar-refractivity contribution < 1.29 is 4.92 Å². The number of hydrogen-bond acceptors (Lipinski definition) is 4. The number of nitrogens with zero attached hydrogens (tertiary/aromatic N) is 1. The molecule has 0 fully saturated rings. The van der Waals surface area contributed by atoms with Crippen molar-refractivity contribution >= 4 is 11.4 Å². The van der Waals surface area contributed by atoms with Gasteiger partial charge in [-0.3, -0.25) is 10.1 Å². The maximum atomic E-state index is 10.9. The fraction of sp³-hybridized carbons (Fsp3) is 0.455. The van der Waals surface area contributed by atoms with Crippen LogP contribution in [0.5, 0.6) is 0 Å². The molecule has 0 amide bonds. The number of rotatable bonds is 6. The van der Waals surface area contributed by atoms with Gasteiger partial charge in [-0.15, -0.1) is 0 Å². The molecule has 0 atom stereocenters. The molecular formula is C11H17N3O2. The standard InChI is InChI=1S/C11H17N3O2/c1-2-9-4-5-10(13-7-3-6-12)11(8-9)14(15)16/h4-5,8,13H,2-3,6-7,12H2,1H3. The Balaban J connectivity index is 2.85. The molecule has 0 radical (unpaired) electrons. The van der Waals surface area contributed by atoms with Crippen LogP contribution in [0.25, 0.3) is 0 Å². The molecule has 0 aliphatic rings. The van der Waals surface area contributed by atoms with Crippen LogP contribution in [-0.4, -0.2) is 18.0 Å². The third kappa shape index (κ3) is 3.20. The second kappa shape index (κ2) is 6.07. The van der Waals surface area contributed by atoms with Crippen molar-refractivity contribution in [1.82, 2.24) is 0 Å². The molecule has 16 heavy (non-hydrogen) atoms. The molecule has 1 aromatic rings. The van der Waals surface area contributed by atoms with E-state index >= 15 is 0 Å². The lowest BCUT2D eigenvalue weighted by Gasteiger charge is -2.07. The number of aryl methyl sites for hydroxylation is 1. The maximum absolute atomic E-state index is 10.9. The fourth-order valence-electron chi connectivity index (χ4n) is 1.42. The number of nitro benzene ring substituents is 1. The number of anilines is 1. The van der Waals surface area contributed by atoms with Gasteiger partial charge in [0.25, 0.3) is 5.69 Å². The molecule has 0 bridgehead atoms. The van der Waals surface area contributed by atoms with Crippen molar-refractivity contribution in [3.63, 3.8) is 0 Å². The highest BCUT2D eigenvalue weighted by molar-refractivity contribution is 5.62. The van der Waals surface area contributed by atoms with Gasteiger partial charge in [-0.05, 0) is 31.0 Å². The van der Waals surface area contributed by atoms with Gasteiger partial charge in [0.2, 0.25) is 0 Å². The first-order chi connectivity index (χ1) is 7.69. The van der Waals surface area contributed by atoms with Crippen molar-refractivity contribution in [2.24, 2.45) is 5.73 Å². The summed E-state index contributed by atoms with van der Waals surface area (Å²) in [6.45, 7) is 3.21. The molecule has 0 unspecified atom stereocenters. The molecule has 0 saturated heterocycles. The van der Waals surface area contributed by atoms with Crippen LogP contribution in [0.4, 0.5) is 11.4 Å². The summed E-state index contributed by atoms with van der Waals surface area (Å²) in [5.74, 6) is 0. The van der Waals surface area contributed by atoms with Gasteiger partial charge in [-0.2, -0.15) is 0 Å². The molecular weight excluding hydrogens is 206 g/mol. The first-order valence-electron chi connectivity index (χ1n) is 5.40. The van der Waals surface area contributed by atoms with Crippen LogP contribution in [0.3, 0.4) is 0 Å². The number of benzene rings is 1. The van der Waals surface area contributed by atoms with E-state index in [0.717, 1.165) is 18.4 Å². The van der Waals surface area contributed by atoms with Crippen LogP contribution in [-0.2, 0) is 6.42 Å². The van der Waals surface area contributed by atoms with Gasteiger partial charge in [0.15, 0.2) is 0 Å². The molecule has 1 aromatic carbocycles. The second-order valence-corrected chi connectivity index (χ2v) is 3.53. The van der Waals surface area contributed by atoms with Crippen molar-refractivity contribution in [3.05, 3.63) is 33.9 Å². The molecule has 88 valence electrons. The van der Waals surface area contributed by atoms with Gasteiger partial charge in [0, 0.05) is 12.6 Å². The number of hydrogen-bond donors (Lipinski definition) is 2. The quantitative estimate of drug-likeness (QED) is 0.438. The summed E-state index contributed by atoms with van der Waals surface area (Å²) in [5, 5.41) is 13.9. The minimum Gasteiger partial charge on any atom is -0.379 e. The van der Waals surface area contributed by atoms with Gasteiger partial charge >= 0.3 is 0 Å². The van der Waals surface area contributed by atoms with E-state index in [9.17, 15) is 10.1 Å². The largest absolute Gasteiger partial charge is 0.379 e. The number of nitrogens with two attached hydrogens (primary N) is 1. The average molecular weight is 223 g/mol. The van der Waals surface area contributed by atoms with E-state index in [1.165, 1.54) is 0 Å². The summed E-state index contributed by atoms with van der Waals surface area (Å²) >= 11 is 0. The van der Waals surface area contributed by atoms with E-state index in [1.807, 2.05) is 13.0 Å². The third-order valence-electron chi connectivity index (χ3n) is 2.36. The summed E-state index contributed by atoms with van der Waals surface area (Å²) in [4.78, 5) is 10.5. The summed E-state index contributed by atoms with van der Waals surface area (Å²) in [6, 6.07) is 5.27. The van der Waals surface area contributed by atoms with Crippen LogP contribution >= 0.6 is 0 Å². The molecule has 5 heteroatoms. The summed E-state index contributed by atoms with van der Waals surface area (Å²) in [5.41, 5.74) is 7.03. The zero-order chi connectivity index (χ0) is 12.0. The Labute approximate surface area is 94.8 Å². The lowest BCUT2D eigenvalue weighted by Crippen LogP contribution is -2.09. The van der Waals surface area contributed by atoms with Gasteiger partial charge in [-0.1, -0.05) is 13.0 Å². The predicted octanol–water partition coefficient (Wildman–Crippen LogP) is 1.92. The molecule has 0 heterocycles. The minimum absolute atomic E-state index is 0.136. The minimum atomic E-state index is -0.357. The molecule has 1 rings (SSSR count). The van der Waals surface area contributed by atoms with E-state index < -0.39 is 0 Å². The van der Waals surface area contributed by atoms with Crippen molar-refractivity contribution in [1.29, 1.82) is 0 Å². The third-order valence-corrected chi connectivity index (χ3v) is 2.36. The van der Waals surface area contributed by atoms with E-state index in [0.29, 0.717) is 18.8 Å². The molecule has 0 aliphatic carbocycles. The van der Waals surface area contributed by atoms with Gasteiger partial charge in [0.05, 0.1) is 4.92 Å². The second-order valence-electron chi connectivity index (χ2n) is 3.53. The molecule has 0 spiro atoms. The molecule has 0 saturated carbocycles. The SMILES string of the molecule is CCc1ccc(NCCCN)c([N+](=O)[O-])c1. The highest BCUT2D eigenvalue weighted by Gasteiger charge is 2.13. The Bertz CT molecular complexity index is 366. The van der Waals surface area contributed by atoms with Gasteiger partial charge in [-0.25, -0.2) is 0 Å². The lowest BCUT2D eigenvalue weighted by molar-refractivity contribution is -0.384. The Morgan fingerprint density at radius 3 is 2.81 bits per heavy atom. The van der Waals surface area contributed by atoms with Crippen LogP contribution in [0.1, 0.15) is 18.9 Å². The predicted molar refractivity (Wildman–Crippen MR) is 64.6 cm³/mol. The number of nitro groups is 1. The summed E-state index contributed by atoms with van der Waals surface area (Å²) < 4.78 is 0. The molecule has 0 aliphatic heterocycles. The average Bonchev–Trinajstić information content (AvgIpc) is 2.29. The van der Waals surface area contributed by atoms with Gasteiger partial charge < -0.3 is 11.1 Å². The van der Waals surface area contributed by atoms with E-state index in [1.54, 1.807) is 12.1 Å². The van der Waals surface area contributed by atoms with Crippen LogP contribution in [0, 0.1) is 10.1 Å². The zero-order valence-corrected chi connectivity index (χ0v) is 9.40. The van der Waals surface area contributed by atoms with E-state index in [4.69, 9.17) is 5.73 Å². The summed E-state index contributed by atoms with van der Waals surface area (Å²) in [7, 11) is 0. The van der Waals surface area contributed by atoms with Crippen LogP contribution < -0.4 is 11.1 Å². The highest BCUT2D eigenvalue weighted by Crippen LogP contribution is 2.25. The molecule has 0 aromatic heterocycles. The Hall–Kier alpha value is -1.62. The maximum Gasteiger partial charge on any atom is 0.292 e. The normalized spacial score (nSPS) is 10.1. The Kier molecular flexibility index (Phi) is 4.72. The van der Waals surface area contributed by atoms with Gasteiger partial charge in [0.1, 0.15) is 5.69 Å². The monoisotopic (exact) mass is 223 g/mol. The summed E-state index contributed by atoms with van der Waals surface area (Å²) in [6.07, 6.45) is 1.59. The molecule has 3 N–H and O–H groups in total. The highest BCUT2D eigenvalue weighted by atomic mass is 16.6. The Morgan fingerprint density at radius 2 is 2.25 bits per heavy atom. The Morgan fingerprint density at radius 1 is 1.50 bits per heavy atom. The first-order valence-corrected chi connectivity index (χ1v) is 5.40. The zero-order valence-electron chi connectivity index (χ0n) is 9.40. The smallest absolute Gasteiger partial charge is 0.292 e. The fourth-order valence-corrected chi connectivity index (χ4v) is 1.42. The first kappa shape index (κ1) is 12.4. The lowest BCUT2D eigenvalue weighted by atomic mass is 10.1. The van der Waals surface area contributed by atoms with Crippen LogP contribution in [0.15, 0.2) is 18.2 Å². The van der Waals surface area contributed by atoms with Crippen molar-refractivity contribution in [2.75, 3.05) is 18.4 Å². The van der Waals surface area contributed by atoms with Crippen molar-refractivity contribution in [2.45, 2.75) is 19.8 Å². The van der Waals surface area contributed by atoms with E-state index in [-0.39, 0.29) is 10.6 Å². The number of nitrogens with one attached hydrogen (secondary N) is 1. The van der Waals surface area contributed by atoms with E-state index in [2.05, 4.69) is 5.32 Å². The van der Waals surface area contributed by atoms with Crippen LogP contribution in [0.2, 0.25) is 0 Å². The van der Waals surface area contributed by atoms with Crippen molar-refractivity contribution in [3.8, 4) is 0 Å².